The van der Waals surface area contributed by atoms with Gasteiger partial charge in [0, 0.05) is 24.8 Å². The van der Waals surface area contributed by atoms with Gasteiger partial charge < -0.3 is 9.88 Å². The van der Waals surface area contributed by atoms with Gasteiger partial charge in [0.05, 0.1) is 11.2 Å². The molecule has 0 atom stereocenters. The van der Waals surface area contributed by atoms with Crippen molar-refractivity contribution in [2.24, 2.45) is 0 Å². The maximum absolute atomic E-state index is 14.1. The van der Waals surface area contributed by atoms with E-state index in [1.165, 1.54) is 16.7 Å². The van der Waals surface area contributed by atoms with E-state index >= 15 is 0 Å². The molecule has 1 aromatic heterocycles. The Morgan fingerprint density at radius 3 is 2.48 bits per heavy atom. The first-order chi connectivity index (χ1) is 9.97. The lowest BCUT2D eigenvalue weighted by molar-refractivity contribution is 0.634. The summed E-state index contributed by atoms with van der Waals surface area (Å²) in [6.07, 6.45) is 0. The van der Waals surface area contributed by atoms with Crippen molar-refractivity contribution in [1.82, 2.24) is 9.55 Å². The number of imidazole rings is 1. The molecular formula is C15H13ClFN3O. The van der Waals surface area contributed by atoms with Crippen molar-refractivity contribution in [3.63, 3.8) is 0 Å². The smallest absolute Gasteiger partial charge is 0.331 e. The molecule has 0 saturated heterocycles. The minimum Gasteiger partial charge on any atom is -0.378 e. The highest BCUT2D eigenvalue weighted by molar-refractivity contribution is 6.31. The zero-order chi connectivity index (χ0) is 15.1. The Kier molecular flexibility index (Phi) is 3.22. The van der Waals surface area contributed by atoms with E-state index in [0.717, 1.165) is 5.69 Å². The number of H-pyrrole nitrogens is 1. The minimum absolute atomic E-state index is 0.196. The first kappa shape index (κ1) is 13.7. The van der Waals surface area contributed by atoms with Crippen molar-refractivity contribution in [1.29, 1.82) is 0 Å². The number of nitrogens with one attached hydrogen (secondary N) is 1. The number of aromatic nitrogens is 2. The molecule has 0 saturated carbocycles. The van der Waals surface area contributed by atoms with Crippen LogP contribution in [-0.4, -0.2) is 23.6 Å². The normalized spacial score (nSPS) is 11.0. The van der Waals surface area contributed by atoms with Crippen LogP contribution in [0.3, 0.4) is 0 Å². The summed E-state index contributed by atoms with van der Waals surface area (Å²) in [7, 11) is 3.85. The fourth-order valence-electron chi connectivity index (χ4n) is 2.31. The average Bonchev–Trinajstić information content (AvgIpc) is 2.75. The Hall–Kier alpha value is -2.27. The SMILES string of the molecule is CN(C)c1ccc(-n2c(=O)[nH]c3cc(Cl)cc(F)c32)cc1. The van der Waals surface area contributed by atoms with Crippen LogP contribution in [0.1, 0.15) is 0 Å². The van der Waals surface area contributed by atoms with Gasteiger partial charge in [-0.05, 0) is 36.4 Å². The molecule has 3 rings (SSSR count). The summed E-state index contributed by atoms with van der Waals surface area (Å²) in [6.45, 7) is 0. The molecule has 0 aliphatic carbocycles. The molecule has 0 fully saturated rings. The summed E-state index contributed by atoms with van der Waals surface area (Å²) in [5, 5.41) is 0.247. The van der Waals surface area contributed by atoms with Gasteiger partial charge in [-0.1, -0.05) is 11.6 Å². The van der Waals surface area contributed by atoms with Gasteiger partial charge in [0.2, 0.25) is 0 Å². The largest absolute Gasteiger partial charge is 0.378 e. The maximum atomic E-state index is 14.1. The molecule has 1 heterocycles. The highest BCUT2D eigenvalue weighted by Crippen LogP contribution is 2.24. The van der Waals surface area contributed by atoms with E-state index in [9.17, 15) is 9.18 Å². The minimum atomic E-state index is -0.535. The van der Waals surface area contributed by atoms with Gasteiger partial charge in [0.15, 0.2) is 5.82 Å². The molecule has 108 valence electrons. The molecular weight excluding hydrogens is 293 g/mol. The second-order valence-corrected chi connectivity index (χ2v) is 5.40. The highest BCUT2D eigenvalue weighted by Gasteiger charge is 2.14. The predicted molar refractivity (Wildman–Crippen MR) is 83.2 cm³/mol. The van der Waals surface area contributed by atoms with Crippen molar-refractivity contribution in [2.45, 2.75) is 0 Å². The average molecular weight is 306 g/mol. The topological polar surface area (TPSA) is 41.0 Å². The molecule has 6 heteroatoms. The molecule has 0 bridgehead atoms. The molecule has 3 aromatic rings. The molecule has 1 N–H and O–H groups in total. The first-order valence-electron chi connectivity index (χ1n) is 6.35. The predicted octanol–water partition coefficient (Wildman–Crippen LogP) is 3.18. The van der Waals surface area contributed by atoms with Gasteiger partial charge in [-0.25, -0.2) is 9.18 Å². The summed E-state index contributed by atoms with van der Waals surface area (Å²) in [6, 6.07) is 10.0. The molecule has 0 aliphatic rings. The van der Waals surface area contributed by atoms with E-state index in [2.05, 4.69) is 4.98 Å². The van der Waals surface area contributed by atoms with Crippen LogP contribution in [0.5, 0.6) is 0 Å². The van der Waals surface area contributed by atoms with Crippen LogP contribution in [0.2, 0.25) is 5.02 Å². The van der Waals surface area contributed by atoms with Gasteiger partial charge in [-0.2, -0.15) is 0 Å². The van der Waals surface area contributed by atoms with Gasteiger partial charge in [0.1, 0.15) is 5.52 Å². The van der Waals surface area contributed by atoms with Crippen LogP contribution >= 0.6 is 11.6 Å². The number of aromatic amines is 1. The van der Waals surface area contributed by atoms with E-state index < -0.39 is 11.5 Å². The Bertz CT molecular complexity index is 865. The van der Waals surface area contributed by atoms with Crippen molar-refractivity contribution in [3.8, 4) is 5.69 Å². The molecule has 0 spiro atoms. The van der Waals surface area contributed by atoms with Crippen molar-refractivity contribution in [2.75, 3.05) is 19.0 Å². The van der Waals surface area contributed by atoms with E-state index in [0.29, 0.717) is 11.2 Å². The zero-order valence-electron chi connectivity index (χ0n) is 11.5. The molecule has 4 nitrogen and oxygen atoms in total. The van der Waals surface area contributed by atoms with Gasteiger partial charge in [-0.3, -0.25) is 4.57 Å². The van der Waals surface area contributed by atoms with E-state index in [1.807, 2.05) is 31.1 Å². The van der Waals surface area contributed by atoms with Gasteiger partial charge in [0.25, 0.3) is 0 Å². The van der Waals surface area contributed by atoms with Gasteiger partial charge >= 0.3 is 5.69 Å². The molecule has 0 unspecified atom stereocenters. The molecule has 0 amide bonds. The molecule has 21 heavy (non-hydrogen) atoms. The first-order valence-corrected chi connectivity index (χ1v) is 6.72. The van der Waals surface area contributed by atoms with Crippen LogP contribution in [-0.2, 0) is 0 Å². The van der Waals surface area contributed by atoms with Crippen LogP contribution in [0.25, 0.3) is 16.7 Å². The summed E-state index contributed by atoms with van der Waals surface area (Å²) in [5.74, 6) is -0.535. The number of rotatable bonds is 2. The van der Waals surface area contributed by atoms with Crippen molar-refractivity contribution in [3.05, 3.63) is 57.7 Å². The summed E-state index contributed by atoms with van der Waals surface area (Å²) in [4.78, 5) is 16.7. The summed E-state index contributed by atoms with van der Waals surface area (Å²) < 4.78 is 15.4. The number of fused-ring (bicyclic) bond motifs is 1. The lowest BCUT2D eigenvalue weighted by Crippen LogP contribution is -2.15. The number of nitrogens with zero attached hydrogens (tertiary/aromatic N) is 2. The van der Waals surface area contributed by atoms with Crippen LogP contribution in [0.15, 0.2) is 41.2 Å². The second-order valence-electron chi connectivity index (χ2n) is 4.96. The monoisotopic (exact) mass is 305 g/mol. The third-order valence-corrected chi connectivity index (χ3v) is 3.54. The quantitative estimate of drug-likeness (QED) is 0.790. The van der Waals surface area contributed by atoms with E-state index in [4.69, 9.17) is 11.6 Å². The molecule has 0 radical (unpaired) electrons. The standard InChI is InChI=1S/C15H13ClFN3O/c1-19(2)10-3-5-11(6-4-10)20-14-12(17)7-9(16)8-13(14)18-15(20)21/h3-8H,1-2H3,(H,18,21). The third kappa shape index (κ3) is 2.29. The second kappa shape index (κ2) is 4.93. The van der Waals surface area contributed by atoms with Gasteiger partial charge in [-0.15, -0.1) is 0 Å². The number of hydrogen-bond donors (Lipinski definition) is 1. The number of halogens is 2. The number of benzene rings is 2. The summed E-state index contributed by atoms with van der Waals surface area (Å²) in [5.41, 5.74) is 1.76. The Morgan fingerprint density at radius 2 is 1.86 bits per heavy atom. The zero-order valence-corrected chi connectivity index (χ0v) is 12.3. The molecule has 0 aliphatic heterocycles. The van der Waals surface area contributed by atoms with Crippen molar-refractivity contribution < 1.29 is 4.39 Å². The highest BCUT2D eigenvalue weighted by atomic mass is 35.5. The number of hydrogen-bond acceptors (Lipinski definition) is 2. The van der Waals surface area contributed by atoms with Crippen LogP contribution in [0, 0.1) is 5.82 Å². The van der Waals surface area contributed by atoms with Crippen LogP contribution < -0.4 is 10.6 Å². The fourth-order valence-corrected chi connectivity index (χ4v) is 2.51. The lowest BCUT2D eigenvalue weighted by atomic mass is 10.2. The van der Waals surface area contributed by atoms with Crippen molar-refractivity contribution >= 4 is 28.3 Å². The molecule has 2 aromatic carbocycles. The lowest BCUT2D eigenvalue weighted by Gasteiger charge is -2.13. The summed E-state index contributed by atoms with van der Waals surface area (Å²) >= 11 is 5.81. The third-order valence-electron chi connectivity index (χ3n) is 3.32. The van der Waals surface area contributed by atoms with Crippen LogP contribution in [0.4, 0.5) is 10.1 Å². The fraction of sp³-hybridized carbons (Fsp3) is 0.133. The Balaban J connectivity index is 2.25. The van der Waals surface area contributed by atoms with E-state index in [-0.39, 0.29) is 10.5 Å². The van der Waals surface area contributed by atoms with E-state index in [1.54, 1.807) is 12.1 Å². The Labute approximate surface area is 125 Å². The Morgan fingerprint density at radius 1 is 1.19 bits per heavy atom. The number of anilines is 1. The maximum Gasteiger partial charge on any atom is 0.331 e.